The molecule has 1 amide bonds. The number of nitrogens with zero attached hydrogens (tertiary/aromatic N) is 2. The molecule has 1 heterocycles. The Labute approximate surface area is 181 Å². The van der Waals surface area contributed by atoms with E-state index in [1.54, 1.807) is 16.7 Å². The fourth-order valence-corrected chi connectivity index (χ4v) is 3.57. The van der Waals surface area contributed by atoms with Gasteiger partial charge in [0.2, 0.25) is 5.88 Å². The Hall–Kier alpha value is -3.61. The number of imidazole rings is 1. The Bertz CT molecular complexity index is 1070. The maximum Gasteiger partial charge on any atom is 0.336 e. The molecule has 0 spiro atoms. The molecule has 0 radical (unpaired) electrons. The van der Waals surface area contributed by atoms with E-state index in [-0.39, 0.29) is 23.7 Å². The Balaban J connectivity index is 2.06. The van der Waals surface area contributed by atoms with Crippen LogP contribution in [-0.2, 0) is 13.0 Å². The van der Waals surface area contributed by atoms with E-state index >= 15 is 0 Å². The van der Waals surface area contributed by atoms with Crippen molar-refractivity contribution in [2.75, 3.05) is 6.61 Å². The highest BCUT2D eigenvalue weighted by Gasteiger charge is 2.23. The minimum absolute atomic E-state index is 0.199. The van der Waals surface area contributed by atoms with Crippen LogP contribution in [0.3, 0.4) is 0 Å². The fraction of sp³-hybridized carbons (Fsp3) is 0.292. The summed E-state index contributed by atoms with van der Waals surface area (Å²) in [5, 5.41) is 9.79. The number of aromatic carboxylic acids is 1. The number of unbranched alkanes of at least 4 members (excludes halogenated alkanes) is 1. The van der Waals surface area contributed by atoms with Gasteiger partial charge in [0.1, 0.15) is 5.82 Å². The maximum atomic E-state index is 12.2. The van der Waals surface area contributed by atoms with Crippen LogP contribution in [0.15, 0.2) is 48.5 Å². The van der Waals surface area contributed by atoms with Gasteiger partial charge in [0.25, 0.3) is 5.91 Å². The van der Waals surface area contributed by atoms with Crippen molar-refractivity contribution in [3.63, 3.8) is 0 Å². The number of nitrogens with two attached hydrogens (primary N) is 1. The number of aryl methyl sites for hydroxylation is 1. The van der Waals surface area contributed by atoms with Gasteiger partial charge in [-0.25, -0.2) is 4.79 Å². The van der Waals surface area contributed by atoms with E-state index in [1.165, 1.54) is 0 Å². The van der Waals surface area contributed by atoms with Crippen LogP contribution in [0, 0.1) is 0 Å². The third kappa shape index (κ3) is 4.94. The normalized spacial score (nSPS) is 10.8. The number of rotatable bonds is 10. The Kier molecular flexibility index (Phi) is 7.07. The molecule has 0 aliphatic rings. The summed E-state index contributed by atoms with van der Waals surface area (Å²) in [6.45, 7) is 4.52. The first-order valence-electron chi connectivity index (χ1n) is 10.4. The zero-order chi connectivity index (χ0) is 22.4. The van der Waals surface area contributed by atoms with E-state index in [0.29, 0.717) is 24.4 Å². The van der Waals surface area contributed by atoms with E-state index in [9.17, 15) is 14.7 Å². The van der Waals surface area contributed by atoms with Gasteiger partial charge in [-0.2, -0.15) is 4.98 Å². The molecule has 0 atom stereocenters. The number of aromatic nitrogens is 2. The molecule has 0 bridgehead atoms. The lowest BCUT2D eigenvalue weighted by atomic mass is 9.97. The lowest BCUT2D eigenvalue weighted by molar-refractivity contribution is 0.0697. The molecule has 3 aromatic rings. The van der Waals surface area contributed by atoms with Crippen LogP contribution in [0.5, 0.6) is 5.88 Å². The average Bonchev–Trinajstić information content (AvgIpc) is 3.10. The van der Waals surface area contributed by atoms with E-state index < -0.39 is 11.9 Å². The second kappa shape index (κ2) is 9.93. The summed E-state index contributed by atoms with van der Waals surface area (Å²) < 4.78 is 7.29. The minimum atomic E-state index is -1.01. The second-order valence-corrected chi connectivity index (χ2v) is 7.22. The summed E-state index contributed by atoms with van der Waals surface area (Å²) in [5.41, 5.74) is 8.25. The summed E-state index contributed by atoms with van der Waals surface area (Å²) in [5.74, 6) is -0.718. The highest BCUT2D eigenvalue weighted by atomic mass is 16.5. The van der Waals surface area contributed by atoms with Crippen molar-refractivity contribution in [1.29, 1.82) is 0 Å². The Morgan fingerprint density at radius 1 is 1.13 bits per heavy atom. The molecule has 1 aromatic heterocycles. The molecule has 2 aromatic carbocycles. The standard InChI is InChI=1S/C24H27N3O4/c1-3-5-11-20-26-23(31-4-2)21(22(25)28)27(20)15-16-12-13-18(19(14-16)24(29)30)17-9-7-6-8-10-17/h6-10,12-14H,3-5,11,15H2,1-2H3,(H2,25,28)(H,29,30). The molecule has 0 unspecified atom stereocenters. The summed E-state index contributed by atoms with van der Waals surface area (Å²) >= 11 is 0. The van der Waals surface area contributed by atoms with Crippen LogP contribution in [-0.4, -0.2) is 33.1 Å². The summed E-state index contributed by atoms with van der Waals surface area (Å²) in [6, 6.07) is 14.7. The molecule has 0 aliphatic heterocycles. The van der Waals surface area contributed by atoms with Crippen molar-refractivity contribution in [2.45, 2.75) is 39.7 Å². The van der Waals surface area contributed by atoms with Crippen LogP contribution in [0.2, 0.25) is 0 Å². The average molecular weight is 421 g/mol. The first-order chi connectivity index (χ1) is 15.0. The third-order valence-electron chi connectivity index (χ3n) is 5.02. The molecule has 162 valence electrons. The van der Waals surface area contributed by atoms with Gasteiger partial charge in [0.05, 0.1) is 12.2 Å². The number of carboxylic acid groups (broad SMARTS) is 1. The molecule has 31 heavy (non-hydrogen) atoms. The zero-order valence-electron chi connectivity index (χ0n) is 17.8. The van der Waals surface area contributed by atoms with Gasteiger partial charge in [-0.3, -0.25) is 4.79 Å². The number of hydrogen-bond donors (Lipinski definition) is 2. The van der Waals surface area contributed by atoms with Crippen LogP contribution < -0.4 is 10.5 Å². The summed E-state index contributed by atoms with van der Waals surface area (Å²) in [7, 11) is 0. The second-order valence-electron chi connectivity index (χ2n) is 7.22. The first kappa shape index (κ1) is 22.1. The fourth-order valence-electron chi connectivity index (χ4n) is 3.57. The highest BCUT2D eigenvalue weighted by molar-refractivity contribution is 5.96. The summed E-state index contributed by atoms with van der Waals surface area (Å²) in [4.78, 5) is 28.7. The highest BCUT2D eigenvalue weighted by Crippen LogP contribution is 2.27. The molecule has 3 N–H and O–H groups in total. The Morgan fingerprint density at radius 3 is 2.48 bits per heavy atom. The summed E-state index contributed by atoms with van der Waals surface area (Å²) in [6.07, 6.45) is 2.53. The Morgan fingerprint density at radius 2 is 1.87 bits per heavy atom. The number of primary amides is 1. The van der Waals surface area contributed by atoms with Crippen molar-refractivity contribution in [3.8, 4) is 17.0 Å². The van der Waals surface area contributed by atoms with Gasteiger partial charge in [-0.05, 0) is 36.1 Å². The van der Waals surface area contributed by atoms with Crippen molar-refractivity contribution in [2.24, 2.45) is 5.73 Å². The molecule has 0 fully saturated rings. The lowest BCUT2D eigenvalue weighted by Crippen LogP contribution is -2.20. The van der Waals surface area contributed by atoms with Gasteiger partial charge in [-0.15, -0.1) is 0 Å². The number of carbonyl (C=O) groups excluding carboxylic acids is 1. The van der Waals surface area contributed by atoms with Crippen molar-refractivity contribution in [1.82, 2.24) is 9.55 Å². The topological polar surface area (TPSA) is 107 Å². The number of carbonyl (C=O) groups is 2. The van der Waals surface area contributed by atoms with Crippen molar-refractivity contribution in [3.05, 3.63) is 71.2 Å². The minimum Gasteiger partial charge on any atom is -0.478 e. The van der Waals surface area contributed by atoms with Crippen molar-refractivity contribution < 1.29 is 19.4 Å². The van der Waals surface area contributed by atoms with E-state index in [2.05, 4.69) is 11.9 Å². The SMILES string of the molecule is CCCCc1nc(OCC)c(C(N)=O)n1Cc1ccc(-c2ccccc2)c(C(=O)O)c1. The lowest BCUT2D eigenvalue weighted by Gasteiger charge is -2.13. The van der Waals surface area contributed by atoms with Gasteiger partial charge in [-0.1, -0.05) is 55.8 Å². The molecular weight excluding hydrogens is 394 g/mol. The van der Waals surface area contributed by atoms with Crippen LogP contribution in [0.4, 0.5) is 0 Å². The predicted molar refractivity (Wildman–Crippen MR) is 118 cm³/mol. The largest absolute Gasteiger partial charge is 0.478 e. The molecule has 7 heteroatoms. The predicted octanol–water partition coefficient (Wildman–Crippen LogP) is 4.14. The van der Waals surface area contributed by atoms with Crippen LogP contribution >= 0.6 is 0 Å². The quantitative estimate of drug-likeness (QED) is 0.512. The number of amides is 1. The monoisotopic (exact) mass is 421 g/mol. The van der Waals surface area contributed by atoms with Gasteiger partial charge < -0.3 is 20.1 Å². The zero-order valence-corrected chi connectivity index (χ0v) is 17.8. The van der Waals surface area contributed by atoms with E-state index in [0.717, 1.165) is 24.0 Å². The first-order valence-corrected chi connectivity index (χ1v) is 10.4. The number of hydrogen-bond acceptors (Lipinski definition) is 4. The van der Waals surface area contributed by atoms with E-state index in [1.807, 2.05) is 43.3 Å². The molecular formula is C24H27N3O4. The smallest absolute Gasteiger partial charge is 0.336 e. The van der Waals surface area contributed by atoms with Gasteiger partial charge in [0.15, 0.2) is 5.69 Å². The van der Waals surface area contributed by atoms with Crippen LogP contribution in [0.25, 0.3) is 11.1 Å². The number of ether oxygens (including phenoxy) is 1. The number of benzene rings is 2. The number of carboxylic acids is 1. The molecule has 7 nitrogen and oxygen atoms in total. The maximum absolute atomic E-state index is 12.2. The van der Waals surface area contributed by atoms with Crippen molar-refractivity contribution >= 4 is 11.9 Å². The molecule has 0 aliphatic carbocycles. The molecule has 0 saturated heterocycles. The van der Waals surface area contributed by atoms with E-state index in [4.69, 9.17) is 10.5 Å². The van der Waals surface area contributed by atoms with Gasteiger partial charge >= 0.3 is 5.97 Å². The third-order valence-corrected chi connectivity index (χ3v) is 5.02. The van der Waals surface area contributed by atoms with Crippen LogP contribution in [0.1, 0.15) is 58.9 Å². The molecule has 0 saturated carbocycles. The van der Waals surface area contributed by atoms with Gasteiger partial charge in [0, 0.05) is 13.0 Å². The molecule has 3 rings (SSSR count).